The molecule has 1 aliphatic rings. The van der Waals surface area contributed by atoms with Gasteiger partial charge < -0.3 is 5.32 Å². The van der Waals surface area contributed by atoms with Gasteiger partial charge in [0.1, 0.15) is 4.21 Å². The van der Waals surface area contributed by atoms with Crippen LogP contribution in [0, 0.1) is 0 Å². The van der Waals surface area contributed by atoms with Gasteiger partial charge >= 0.3 is 0 Å². The molecular formula is C11H18N2O2S2. The highest BCUT2D eigenvalue weighted by atomic mass is 32.2. The van der Waals surface area contributed by atoms with E-state index in [1.165, 1.54) is 11.3 Å². The van der Waals surface area contributed by atoms with Crippen LogP contribution in [0.4, 0.5) is 0 Å². The van der Waals surface area contributed by atoms with Crippen molar-refractivity contribution >= 4 is 21.4 Å². The van der Waals surface area contributed by atoms with Crippen LogP contribution < -0.4 is 5.32 Å². The molecule has 0 aromatic carbocycles. The molecule has 17 heavy (non-hydrogen) atoms. The Bertz CT molecular complexity index is 477. The van der Waals surface area contributed by atoms with Crippen molar-refractivity contribution in [2.24, 2.45) is 0 Å². The molecule has 0 bridgehead atoms. The van der Waals surface area contributed by atoms with E-state index in [4.69, 9.17) is 0 Å². The maximum atomic E-state index is 12.4. The number of hydrogen-bond acceptors (Lipinski definition) is 4. The van der Waals surface area contributed by atoms with E-state index in [-0.39, 0.29) is 6.04 Å². The van der Waals surface area contributed by atoms with Crippen molar-refractivity contribution < 1.29 is 8.42 Å². The van der Waals surface area contributed by atoms with E-state index >= 15 is 0 Å². The zero-order chi connectivity index (χ0) is 12.5. The lowest BCUT2D eigenvalue weighted by Crippen LogP contribution is -2.32. The number of sulfonamides is 1. The Labute approximate surface area is 107 Å². The lowest BCUT2D eigenvalue weighted by atomic mass is 10.5. The van der Waals surface area contributed by atoms with Gasteiger partial charge in [-0.2, -0.15) is 4.31 Å². The zero-order valence-electron chi connectivity index (χ0n) is 10.1. The molecule has 0 atom stereocenters. The SMILES string of the molecule is CCN(C1CC1)S(=O)(=O)c1ccc(CNC)s1. The van der Waals surface area contributed by atoms with Gasteiger partial charge in [-0.1, -0.05) is 6.92 Å². The second-order valence-electron chi connectivity index (χ2n) is 4.19. The highest BCUT2D eigenvalue weighted by Gasteiger charge is 2.37. The van der Waals surface area contributed by atoms with E-state index in [1.807, 2.05) is 20.0 Å². The van der Waals surface area contributed by atoms with Crippen molar-refractivity contribution in [2.45, 2.75) is 36.6 Å². The summed E-state index contributed by atoms with van der Waals surface area (Å²) in [6.07, 6.45) is 2.00. The fraction of sp³-hybridized carbons (Fsp3) is 0.636. The van der Waals surface area contributed by atoms with Crippen molar-refractivity contribution in [3.05, 3.63) is 17.0 Å². The number of nitrogens with zero attached hydrogens (tertiary/aromatic N) is 1. The molecule has 1 N–H and O–H groups in total. The Morgan fingerprint density at radius 3 is 2.71 bits per heavy atom. The van der Waals surface area contributed by atoms with Crippen molar-refractivity contribution in [1.82, 2.24) is 9.62 Å². The molecule has 0 amide bonds. The summed E-state index contributed by atoms with van der Waals surface area (Å²) < 4.78 is 26.9. The first kappa shape index (κ1) is 13.0. The van der Waals surface area contributed by atoms with Crippen molar-refractivity contribution in [3.8, 4) is 0 Å². The lowest BCUT2D eigenvalue weighted by molar-refractivity contribution is 0.422. The minimum atomic E-state index is -3.26. The standard InChI is InChI=1S/C11H18N2O2S2/c1-3-13(9-4-5-9)17(14,15)11-7-6-10(16-11)8-12-2/h6-7,9,12H,3-5,8H2,1-2H3. The van der Waals surface area contributed by atoms with Gasteiger partial charge in [0.05, 0.1) is 0 Å². The first-order valence-corrected chi connectivity index (χ1v) is 8.10. The van der Waals surface area contributed by atoms with Crippen molar-refractivity contribution in [2.75, 3.05) is 13.6 Å². The third kappa shape index (κ3) is 2.70. The average Bonchev–Trinajstić information content (AvgIpc) is 2.97. The first-order valence-electron chi connectivity index (χ1n) is 5.84. The van der Waals surface area contributed by atoms with Gasteiger partial charge in [-0.15, -0.1) is 11.3 Å². The summed E-state index contributed by atoms with van der Waals surface area (Å²) in [7, 11) is -1.40. The number of rotatable bonds is 6. The summed E-state index contributed by atoms with van der Waals surface area (Å²) in [5.74, 6) is 0. The van der Waals surface area contributed by atoms with Crippen LogP contribution in [0.3, 0.4) is 0 Å². The van der Waals surface area contributed by atoms with E-state index in [2.05, 4.69) is 5.32 Å². The molecule has 1 aliphatic carbocycles. The van der Waals surface area contributed by atoms with E-state index in [0.29, 0.717) is 10.8 Å². The minimum absolute atomic E-state index is 0.236. The average molecular weight is 274 g/mol. The molecule has 0 spiro atoms. The number of hydrogen-bond donors (Lipinski definition) is 1. The second kappa shape index (κ2) is 5.06. The van der Waals surface area contributed by atoms with Crippen LogP contribution in [0.5, 0.6) is 0 Å². The molecule has 4 nitrogen and oxygen atoms in total. The molecular weight excluding hydrogens is 256 g/mol. The molecule has 0 saturated heterocycles. The topological polar surface area (TPSA) is 49.4 Å². The number of thiophene rings is 1. The van der Waals surface area contributed by atoms with Crippen LogP contribution in [0.15, 0.2) is 16.3 Å². The summed E-state index contributed by atoms with van der Waals surface area (Å²) in [4.78, 5) is 1.05. The summed E-state index contributed by atoms with van der Waals surface area (Å²) in [6.45, 7) is 3.18. The van der Waals surface area contributed by atoms with Crippen molar-refractivity contribution in [3.63, 3.8) is 0 Å². The van der Waals surface area contributed by atoms with E-state index in [9.17, 15) is 8.42 Å². The van der Waals surface area contributed by atoms with Crippen LogP contribution >= 0.6 is 11.3 Å². The highest BCUT2D eigenvalue weighted by molar-refractivity contribution is 7.91. The normalized spacial score (nSPS) is 16.6. The summed E-state index contributed by atoms with van der Waals surface area (Å²) in [5, 5.41) is 3.03. The van der Waals surface area contributed by atoms with Crippen molar-refractivity contribution in [1.29, 1.82) is 0 Å². The summed E-state index contributed by atoms with van der Waals surface area (Å²) in [6, 6.07) is 3.84. The zero-order valence-corrected chi connectivity index (χ0v) is 11.8. The minimum Gasteiger partial charge on any atom is -0.315 e. The van der Waals surface area contributed by atoms with Crippen LogP contribution in [0.1, 0.15) is 24.6 Å². The largest absolute Gasteiger partial charge is 0.315 e. The van der Waals surface area contributed by atoms with Crippen LogP contribution in [-0.4, -0.2) is 32.4 Å². The predicted octanol–water partition coefficient (Wildman–Crippen LogP) is 1.64. The van der Waals surface area contributed by atoms with E-state index in [1.54, 1.807) is 10.4 Å². The molecule has 6 heteroatoms. The molecule has 0 unspecified atom stereocenters. The van der Waals surface area contributed by atoms with Gasteiger partial charge in [0.15, 0.2) is 0 Å². The Morgan fingerprint density at radius 2 is 2.18 bits per heavy atom. The fourth-order valence-corrected chi connectivity index (χ4v) is 5.06. The quantitative estimate of drug-likeness (QED) is 0.858. The van der Waals surface area contributed by atoms with Gasteiger partial charge in [-0.25, -0.2) is 8.42 Å². The molecule has 96 valence electrons. The molecule has 1 fully saturated rings. The van der Waals surface area contributed by atoms with Crippen LogP contribution in [-0.2, 0) is 16.6 Å². The Morgan fingerprint density at radius 1 is 1.47 bits per heavy atom. The first-order chi connectivity index (χ1) is 8.09. The Hall–Kier alpha value is -0.430. The van der Waals surface area contributed by atoms with E-state index < -0.39 is 10.0 Å². The Kier molecular flexibility index (Phi) is 3.87. The molecule has 1 aromatic heterocycles. The monoisotopic (exact) mass is 274 g/mol. The summed E-state index contributed by atoms with van der Waals surface area (Å²) in [5.41, 5.74) is 0. The predicted molar refractivity (Wildman–Crippen MR) is 69.7 cm³/mol. The molecule has 2 rings (SSSR count). The highest BCUT2D eigenvalue weighted by Crippen LogP contribution is 2.33. The molecule has 0 aliphatic heterocycles. The van der Waals surface area contributed by atoms with Gasteiger partial charge in [0, 0.05) is 24.0 Å². The molecule has 1 heterocycles. The van der Waals surface area contributed by atoms with Gasteiger partial charge in [0.2, 0.25) is 0 Å². The molecule has 0 radical (unpaired) electrons. The molecule has 1 saturated carbocycles. The van der Waals surface area contributed by atoms with Crippen LogP contribution in [0.2, 0.25) is 0 Å². The Balaban J connectivity index is 2.23. The number of nitrogens with one attached hydrogen (secondary N) is 1. The second-order valence-corrected chi connectivity index (χ2v) is 7.48. The third-order valence-electron chi connectivity index (χ3n) is 2.82. The maximum Gasteiger partial charge on any atom is 0.252 e. The van der Waals surface area contributed by atoms with E-state index in [0.717, 1.165) is 24.3 Å². The fourth-order valence-electron chi connectivity index (χ4n) is 1.87. The van der Waals surface area contributed by atoms with Crippen LogP contribution in [0.25, 0.3) is 0 Å². The van der Waals surface area contributed by atoms with Gasteiger partial charge in [0.25, 0.3) is 10.0 Å². The smallest absolute Gasteiger partial charge is 0.252 e. The van der Waals surface area contributed by atoms with Gasteiger partial charge in [-0.05, 0) is 32.0 Å². The summed E-state index contributed by atoms with van der Waals surface area (Å²) >= 11 is 1.36. The molecule has 1 aromatic rings. The maximum absolute atomic E-state index is 12.4. The third-order valence-corrected chi connectivity index (χ3v) is 6.40. The van der Waals surface area contributed by atoms with Gasteiger partial charge in [-0.3, -0.25) is 0 Å². The lowest BCUT2D eigenvalue weighted by Gasteiger charge is -2.18.